The molecule has 2 unspecified atom stereocenters. The molecule has 82 valence electrons. The van der Waals surface area contributed by atoms with Gasteiger partial charge in [0.25, 0.3) is 0 Å². The molecular formula is C13H19NO. The predicted molar refractivity (Wildman–Crippen MR) is 59.4 cm³/mol. The van der Waals surface area contributed by atoms with Crippen molar-refractivity contribution in [1.29, 1.82) is 0 Å². The zero-order valence-electron chi connectivity index (χ0n) is 9.24. The molecule has 2 atom stereocenters. The van der Waals surface area contributed by atoms with Gasteiger partial charge in [-0.1, -0.05) is 6.08 Å². The number of carbonyl (C=O) groups is 1. The van der Waals surface area contributed by atoms with Crippen molar-refractivity contribution in [3.8, 4) is 0 Å². The summed E-state index contributed by atoms with van der Waals surface area (Å²) in [4.78, 5) is 14.5. The van der Waals surface area contributed by atoms with Gasteiger partial charge in [0.05, 0.1) is 0 Å². The van der Waals surface area contributed by atoms with Crippen LogP contribution in [0.25, 0.3) is 0 Å². The van der Waals surface area contributed by atoms with Crippen molar-refractivity contribution in [1.82, 2.24) is 4.90 Å². The molecule has 0 spiro atoms. The van der Waals surface area contributed by atoms with Crippen molar-refractivity contribution < 1.29 is 4.79 Å². The number of carbonyl (C=O) groups excluding carboxylic acids is 1. The van der Waals surface area contributed by atoms with Crippen LogP contribution in [0, 0.1) is 0 Å². The molecular weight excluding hydrogens is 186 g/mol. The van der Waals surface area contributed by atoms with Gasteiger partial charge in [0.15, 0.2) is 0 Å². The Bertz CT molecular complexity index is 292. The third-order valence-electron chi connectivity index (χ3n) is 4.24. The third kappa shape index (κ3) is 1.51. The Balaban J connectivity index is 1.79. The number of hydrogen-bond donors (Lipinski definition) is 0. The molecule has 0 N–H and O–H groups in total. The molecule has 2 heterocycles. The molecule has 3 rings (SSSR count). The zero-order valence-corrected chi connectivity index (χ0v) is 9.24. The lowest BCUT2D eigenvalue weighted by Gasteiger charge is -2.35. The number of nitrogens with zero attached hydrogens (tertiary/aromatic N) is 1. The van der Waals surface area contributed by atoms with Crippen molar-refractivity contribution in [2.75, 3.05) is 0 Å². The van der Waals surface area contributed by atoms with Gasteiger partial charge in [0.1, 0.15) is 0 Å². The minimum Gasteiger partial charge on any atom is -0.333 e. The Morgan fingerprint density at radius 3 is 2.47 bits per heavy atom. The van der Waals surface area contributed by atoms with Crippen molar-refractivity contribution in [2.45, 2.75) is 63.5 Å². The summed E-state index contributed by atoms with van der Waals surface area (Å²) in [5, 5.41) is 0. The Morgan fingerprint density at radius 1 is 1.13 bits per heavy atom. The lowest BCUT2D eigenvalue weighted by Crippen LogP contribution is -2.44. The van der Waals surface area contributed by atoms with Crippen LogP contribution >= 0.6 is 0 Å². The normalized spacial score (nSPS) is 34.4. The molecule has 1 amide bonds. The van der Waals surface area contributed by atoms with Crippen LogP contribution in [0.1, 0.15) is 51.4 Å². The number of hydrogen-bond acceptors (Lipinski definition) is 1. The topological polar surface area (TPSA) is 20.3 Å². The average Bonchev–Trinajstić information content (AvgIpc) is 2.85. The van der Waals surface area contributed by atoms with Crippen LogP contribution in [-0.2, 0) is 4.79 Å². The van der Waals surface area contributed by atoms with Crippen molar-refractivity contribution in [3.63, 3.8) is 0 Å². The second-order valence-corrected chi connectivity index (χ2v) is 5.15. The molecule has 0 saturated carbocycles. The third-order valence-corrected chi connectivity index (χ3v) is 4.24. The molecule has 1 aliphatic carbocycles. The van der Waals surface area contributed by atoms with Crippen LogP contribution in [0.15, 0.2) is 11.6 Å². The second-order valence-electron chi connectivity index (χ2n) is 5.15. The molecule has 15 heavy (non-hydrogen) atoms. The molecule has 2 aliphatic heterocycles. The molecule has 0 aromatic rings. The summed E-state index contributed by atoms with van der Waals surface area (Å²) in [6.07, 6.45) is 11.8. The van der Waals surface area contributed by atoms with Crippen LogP contribution in [0.4, 0.5) is 0 Å². The summed E-state index contributed by atoms with van der Waals surface area (Å²) >= 11 is 0. The molecule has 2 bridgehead atoms. The van der Waals surface area contributed by atoms with Crippen molar-refractivity contribution in [2.24, 2.45) is 0 Å². The van der Waals surface area contributed by atoms with Crippen LogP contribution in [0.5, 0.6) is 0 Å². The Labute approximate surface area is 91.3 Å². The SMILES string of the molecule is O=C(C1=CCCC1)N1C2CCCC1CC2. The number of amides is 1. The first-order valence-corrected chi connectivity index (χ1v) is 6.38. The first kappa shape index (κ1) is 9.44. The largest absolute Gasteiger partial charge is 0.333 e. The monoisotopic (exact) mass is 205 g/mol. The number of allylic oxidation sites excluding steroid dienone is 1. The van der Waals surface area contributed by atoms with Crippen LogP contribution in [0.2, 0.25) is 0 Å². The van der Waals surface area contributed by atoms with E-state index >= 15 is 0 Å². The summed E-state index contributed by atoms with van der Waals surface area (Å²) in [6.45, 7) is 0. The van der Waals surface area contributed by atoms with Gasteiger partial charge in [0, 0.05) is 17.7 Å². The van der Waals surface area contributed by atoms with E-state index in [9.17, 15) is 4.79 Å². The van der Waals surface area contributed by atoms with E-state index in [1.54, 1.807) is 0 Å². The van der Waals surface area contributed by atoms with E-state index in [1.807, 2.05) is 0 Å². The highest BCUT2D eigenvalue weighted by Crippen LogP contribution is 2.37. The van der Waals surface area contributed by atoms with Crippen LogP contribution < -0.4 is 0 Å². The molecule has 0 aromatic heterocycles. The highest BCUT2D eigenvalue weighted by Gasteiger charge is 2.40. The van der Waals surface area contributed by atoms with Gasteiger partial charge in [-0.15, -0.1) is 0 Å². The van der Waals surface area contributed by atoms with Crippen LogP contribution in [0.3, 0.4) is 0 Å². The van der Waals surface area contributed by atoms with Crippen molar-refractivity contribution >= 4 is 5.91 Å². The maximum absolute atomic E-state index is 12.3. The van der Waals surface area contributed by atoms with Crippen LogP contribution in [-0.4, -0.2) is 22.9 Å². The smallest absolute Gasteiger partial charge is 0.249 e. The fourth-order valence-corrected chi connectivity index (χ4v) is 3.48. The fraction of sp³-hybridized carbons (Fsp3) is 0.769. The van der Waals surface area contributed by atoms with Gasteiger partial charge in [-0.05, 0) is 51.4 Å². The highest BCUT2D eigenvalue weighted by molar-refractivity contribution is 5.94. The fourth-order valence-electron chi connectivity index (χ4n) is 3.48. The van der Waals surface area contributed by atoms with Gasteiger partial charge in [-0.3, -0.25) is 4.79 Å². The van der Waals surface area contributed by atoms with E-state index in [-0.39, 0.29) is 0 Å². The average molecular weight is 205 g/mol. The minimum absolute atomic E-state index is 0.375. The Kier molecular flexibility index (Phi) is 2.30. The zero-order chi connectivity index (χ0) is 10.3. The minimum atomic E-state index is 0.375. The standard InChI is InChI=1S/C13H19NO/c15-13(10-4-1-2-5-10)14-11-6-3-7-12(14)9-8-11/h4,11-12H,1-3,5-9H2. The summed E-state index contributed by atoms with van der Waals surface area (Å²) in [5.74, 6) is 0.375. The number of fused-ring (bicyclic) bond motifs is 2. The first-order valence-electron chi connectivity index (χ1n) is 6.38. The first-order chi connectivity index (χ1) is 7.36. The van der Waals surface area contributed by atoms with Gasteiger partial charge < -0.3 is 4.90 Å². The Morgan fingerprint density at radius 2 is 1.87 bits per heavy atom. The highest BCUT2D eigenvalue weighted by atomic mass is 16.2. The molecule has 0 aromatic carbocycles. The molecule has 2 heteroatoms. The maximum Gasteiger partial charge on any atom is 0.249 e. The maximum atomic E-state index is 12.3. The molecule has 2 nitrogen and oxygen atoms in total. The molecule has 2 saturated heterocycles. The summed E-state index contributed by atoms with van der Waals surface area (Å²) in [5.41, 5.74) is 1.11. The van der Waals surface area contributed by atoms with E-state index in [4.69, 9.17) is 0 Å². The predicted octanol–water partition coefficient (Wildman–Crippen LogP) is 2.64. The van der Waals surface area contributed by atoms with Gasteiger partial charge in [0.2, 0.25) is 5.91 Å². The van der Waals surface area contributed by atoms with E-state index < -0.39 is 0 Å². The van der Waals surface area contributed by atoms with Gasteiger partial charge >= 0.3 is 0 Å². The van der Waals surface area contributed by atoms with E-state index in [2.05, 4.69) is 11.0 Å². The molecule has 2 fully saturated rings. The molecule has 3 aliphatic rings. The van der Waals surface area contributed by atoms with E-state index in [0.717, 1.165) is 18.4 Å². The Hall–Kier alpha value is -0.790. The second kappa shape index (κ2) is 3.66. The van der Waals surface area contributed by atoms with E-state index in [1.165, 1.54) is 38.5 Å². The van der Waals surface area contributed by atoms with Gasteiger partial charge in [-0.2, -0.15) is 0 Å². The summed E-state index contributed by atoms with van der Waals surface area (Å²) < 4.78 is 0. The van der Waals surface area contributed by atoms with E-state index in [0.29, 0.717) is 18.0 Å². The molecule has 0 radical (unpaired) electrons. The van der Waals surface area contributed by atoms with Crippen molar-refractivity contribution in [3.05, 3.63) is 11.6 Å². The quantitative estimate of drug-likeness (QED) is 0.644. The lowest BCUT2D eigenvalue weighted by molar-refractivity contribution is -0.131. The lowest BCUT2D eigenvalue weighted by atomic mass is 10.0. The number of rotatable bonds is 1. The van der Waals surface area contributed by atoms with Gasteiger partial charge in [-0.25, -0.2) is 0 Å². The number of piperidine rings is 1. The summed E-state index contributed by atoms with van der Waals surface area (Å²) in [6, 6.07) is 1.16. The summed E-state index contributed by atoms with van der Waals surface area (Å²) in [7, 11) is 0.